The minimum atomic E-state index is 0.250. The van der Waals surface area contributed by atoms with Gasteiger partial charge in [-0.05, 0) is 25.9 Å². The van der Waals surface area contributed by atoms with Crippen LogP contribution in [-0.4, -0.2) is 51.0 Å². The number of nitrogens with two attached hydrogens (primary N) is 1. The van der Waals surface area contributed by atoms with Crippen molar-refractivity contribution in [1.82, 2.24) is 24.8 Å². The number of aromatic nitrogens is 4. The topological polar surface area (TPSA) is 95.8 Å². The molecule has 0 unspecified atom stereocenters. The molecular weight excluding hydrogens is 242 g/mol. The number of hydrogen-bond donors (Lipinski definition) is 3. The van der Waals surface area contributed by atoms with E-state index in [1.165, 1.54) is 32.4 Å². The molecule has 1 saturated heterocycles. The summed E-state index contributed by atoms with van der Waals surface area (Å²) in [5.74, 6) is 0.983. The van der Waals surface area contributed by atoms with Gasteiger partial charge in [0.05, 0.1) is 6.33 Å². The number of anilines is 2. The SMILES string of the molecule is Nc1nc(NCCN2CCCCC2)c2[nH]cnc2n1. The molecule has 102 valence electrons. The molecule has 1 aliphatic heterocycles. The lowest BCUT2D eigenvalue weighted by molar-refractivity contribution is 0.237. The third-order valence-corrected chi connectivity index (χ3v) is 3.47. The third kappa shape index (κ3) is 2.76. The Bertz CT molecular complexity index is 544. The fourth-order valence-corrected chi connectivity index (χ4v) is 2.49. The van der Waals surface area contributed by atoms with Crippen LogP contribution in [-0.2, 0) is 0 Å². The van der Waals surface area contributed by atoms with Crippen LogP contribution in [0.15, 0.2) is 6.33 Å². The quantitative estimate of drug-likeness (QED) is 0.754. The van der Waals surface area contributed by atoms with Crippen molar-refractivity contribution in [1.29, 1.82) is 0 Å². The minimum Gasteiger partial charge on any atom is -0.368 e. The summed E-state index contributed by atoms with van der Waals surface area (Å²) in [4.78, 5) is 17.9. The van der Waals surface area contributed by atoms with Gasteiger partial charge in [0.2, 0.25) is 5.95 Å². The second-order valence-electron chi connectivity index (χ2n) is 4.86. The van der Waals surface area contributed by atoms with Crippen LogP contribution in [0.1, 0.15) is 19.3 Å². The van der Waals surface area contributed by atoms with Crippen molar-refractivity contribution in [2.24, 2.45) is 0 Å². The molecule has 1 fully saturated rings. The van der Waals surface area contributed by atoms with Gasteiger partial charge in [0.1, 0.15) is 5.52 Å². The molecule has 0 atom stereocenters. The average Bonchev–Trinajstić information content (AvgIpc) is 2.88. The Hall–Kier alpha value is -1.89. The van der Waals surface area contributed by atoms with Gasteiger partial charge in [-0.1, -0.05) is 6.42 Å². The summed E-state index contributed by atoms with van der Waals surface area (Å²) in [7, 11) is 0. The molecule has 0 bridgehead atoms. The Morgan fingerprint density at radius 1 is 1.26 bits per heavy atom. The number of rotatable bonds is 4. The Balaban J connectivity index is 1.63. The molecule has 0 radical (unpaired) electrons. The highest BCUT2D eigenvalue weighted by molar-refractivity contribution is 5.83. The molecule has 0 aromatic carbocycles. The van der Waals surface area contributed by atoms with Crippen molar-refractivity contribution < 1.29 is 0 Å². The number of nitrogens with zero attached hydrogens (tertiary/aromatic N) is 4. The van der Waals surface area contributed by atoms with E-state index in [0.717, 1.165) is 24.4 Å². The van der Waals surface area contributed by atoms with E-state index >= 15 is 0 Å². The maximum Gasteiger partial charge on any atom is 0.224 e. The number of nitrogen functional groups attached to an aromatic ring is 1. The number of H-pyrrole nitrogens is 1. The molecular formula is C12H19N7. The van der Waals surface area contributed by atoms with E-state index in [4.69, 9.17) is 5.73 Å². The van der Waals surface area contributed by atoms with Crippen molar-refractivity contribution in [2.45, 2.75) is 19.3 Å². The molecule has 0 amide bonds. The molecule has 3 rings (SSSR count). The van der Waals surface area contributed by atoms with E-state index in [0.29, 0.717) is 5.65 Å². The van der Waals surface area contributed by atoms with Crippen LogP contribution in [0.25, 0.3) is 11.2 Å². The van der Waals surface area contributed by atoms with Crippen LogP contribution in [0.4, 0.5) is 11.8 Å². The highest BCUT2D eigenvalue weighted by Gasteiger charge is 2.11. The zero-order chi connectivity index (χ0) is 13.1. The van der Waals surface area contributed by atoms with Crippen molar-refractivity contribution in [2.75, 3.05) is 37.2 Å². The number of piperidine rings is 1. The molecule has 19 heavy (non-hydrogen) atoms. The summed E-state index contributed by atoms with van der Waals surface area (Å²) in [5, 5.41) is 3.32. The van der Waals surface area contributed by atoms with Crippen LogP contribution in [0.5, 0.6) is 0 Å². The fourth-order valence-electron chi connectivity index (χ4n) is 2.49. The van der Waals surface area contributed by atoms with Crippen molar-refractivity contribution >= 4 is 22.9 Å². The number of fused-ring (bicyclic) bond motifs is 1. The number of likely N-dealkylation sites (tertiary alicyclic amines) is 1. The van der Waals surface area contributed by atoms with Crippen LogP contribution >= 0.6 is 0 Å². The van der Waals surface area contributed by atoms with Gasteiger partial charge in [-0.2, -0.15) is 9.97 Å². The first-order chi connectivity index (χ1) is 9.33. The Labute approximate surface area is 111 Å². The van der Waals surface area contributed by atoms with E-state index in [1.54, 1.807) is 6.33 Å². The van der Waals surface area contributed by atoms with Gasteiger partial charge in [-0.15, -0.1) is 0 Å². The third-order valence-electron chi connectivity index (χ3n) is 3.47. The van der Waals surface area contributed by atoms with Gasteiger partial charge in [0, 0.05) is 13.1 Å². The largest absolute Gasteiger partial charge is 0.368 e. The van der Waals surface area contributed by atoms with Crippen molar-refractivity contribution in [3.8, 4) is 0 Å². The zero-order valence-electron chi connectivity index (χ0n) is 10.9. The summed E-state index contributed by atoms with van der Waals surface area (Å²) in [6.07, 6.45) is 5.59. The summed E-state index contributed by atoms with van der Waals surface area (Å²) in [6.45, 7) is 4.28. The van der Waals surface area contributed by atoms with Crippen LogP contribution in [0.3, 0.4) is 0 Å². The highest BCUT2D eigenvalue weighted by Crippen LogP contribution is 2.17. The van der Waals surface area contributed by atoms with Crippen LogP contribution < -0.4 is 11.1 Å². The molecule has 0 spiro atoms. The van der Waals surface area contributed by atoms with E-state index in [-0.39, 0.29) is 5.95 Å². The smallest absolute Gasteiger partial charge is 0.224 e. The first kappa shape index (κ1) is 12.2. The Morgan fingerprint density at radius 3 is 2.95 bits per heavy atom. The summed E-state index contributed by atoms with van der Waals surface area (Å²) < 4.78 is 0. The summed E-state index contributed by atoms with van der Waals surface area (Å²) in [5.41, 5.74) is 7.09. The number of hydrogen-bond acceptors (Lipinski definition) is 6. The zero-order valence-corrected chi connectivity index (χ0v) is 10.9. The normalized spacial score (nSPS) is 16.8. The second kappa shape index (κ2) is 5.40. The van der Waals surface area contributed by atoms with Gasteiger partial charge in [0.25, 0.3) is 0 Å². The van der Waals surface area contributed by atoms with Gasteiger partial charge in [-0.3, -0.25) is 0 Å². The maximum absolute atomic E-state index is 5.67. The molecule has 0 saturated carbocycles. The highest BCUT2D eigenvalue weighted by atomic mass is 15.2. The average molecular weight is 261 g/mol. The molecule has 2 aromatic rings. The molecule has 1 aliphatic rings. The maximum atomic E-state index is 5.67. The molecule has 0 aliphatic carbocycles. The lowest BCUT2D eigenvalue weighted by Gasteiger charge is -2.26. The Kier molecular flexibility index (Phi) is 3.45. The molecule has 3 heterocycles. The lowest BCUT2D eigenvalue weighted by atomic mass is 10.1. The van der Waals surface area contributed by atoms with Gasteiger partial charge >= 0.3 is 0 Å². The van der Waals surface area contributed by atoms with Crippen LogP contribution in [0.2, 0.25) is 0 Å². The van der Waals surface area contributed by atoms with E-state index in [2.05, 4.69) is 30.2 Å². The monoisotopic (exact) mass is 261 g/mol. The fraction of sp³-hybridized carbons (Fsp3) is 0.583. The molecule has 2 aromatic heterocycles. The standard InChI is InChI=1S/C12H19N7/c13-12-17-10(9-11(18-12)16-8-15-9)14-4-7-19-5-2-1-3-6-19/h8H,1-7H2,(H4,13,14,15,16,17,18). The van der Waals surface area contributed by atoms with Crippen LogP contribution in [0, 0.1) is 0 Å². The van der Waals surface area contributed by atoms with Crippen molar-refractivity contribution in [3.63, 3.8) is 0 Å². The van der Waals surface area contributed by atoms with E-state index in [1.807, 2.05) is 0 Å². The van der Waals surface area contributed by atoms with Crippen molar-refractivity contribution in [3.05, 3.63) is 6.33 Å². The summed E-state index contributed by atoms with van der Waals surface area (Å²) >= 11 is 0. The molecule has 4 N–H and O–H groups in total. The Morgan fingerprint density at radius 2 is 2.11 bits per heavy atom. The first-order valence-corrected chi connectivity index (χ1v) is 6.76. The van der Waals surface area contributed by atoms with Gasteiger partial charge in [-0.25, -0.2) is 4.98 Å². The van der Waals surface area contributed by atoms with E-state index in [9.17, 15) is 0 Å². The van der Waals surface area contributed by atoms with Gasteiger partial charge < -0.3 is 20.9 Å². The predicted molar refractivity (Wildman–Crippen MR) is 74.9 cm³/mol. The lowest BCUT2D eigenvalue weighted by Crippen LogP contribution is -2.33. The minimum absolute atomic E-state index is 0.250. The van der Waals surface area contributed by atoms with E-state index < -0.39 is 0 Å². The predicted octanol–water partition coefficient (Wildman–Crippen LogP) is 0.833. The first-order valence-electron chi connectivity index (χ1n) is 6.76. The number of imidazole rings is 1. The molecule has 7 heteroatoms. The molecule has 7 nitrogen and oxygen atoms in total. The number of aromatic amines is 1. The summed E-state index contributed by atoms with van der Waals surface area (Å²) in [6, 6.07) is 0. The second-order valence-corrected chi connectivity index (χ2v) is 4.86. The number of nitrogens with one attached hydrogen (secondary N) is 2. The van der Waals surface area contributed by atoms with Gasteiger partial charge in [0.15, 0.2) is 11.5 Å².